The minimum Gasteiger partial charge on any atom is -0.456 e. The number of rotatable bonds is 5. The highest BCUT2D eigenvalue weighted by molar-refractivity contribution is 6.32. The van der Waals surface area contributed by atoms with Crippen LogP contribution in [0.5, 0.6) is 11.5 Å². The third-order valence-electron chi connectivity index (χ3n) is 2.99. The molecule has 0 aromatic heterocycles. The molecular weight excluding hydrogens is 356 g/mol. The number of amides is 2. The first-order valence-corrected chi connectivity index (χ1v) is 8.40. The average Bonchev–Trinajstić information content (AvgIpc) is 2.55. The van der Waals surface area contributed by atoms with Crippen LogP contribution >= 0.6 is 11.6 Å². The van der Waals surface area contributed by atoms with E-state index in [1.54, 1.807) is 57.2 Å². The van der Waals surface area contributed by atoms with Crippen molar-refractivity contribution in [3.63, 3.8) is 0 Å². The molecule has 0 bridgehead atoms. The number of ether oxygens (including phenoxy) is 2. The van der Waals surface area contributed by atoms with E-state index in [0.29, 0.717) is 22.2 Å². The summed E-state index contributed by atoms with van der Waals surface area (Å²) in [5.41, 5.74) is -0.0367. The summed E-state index contributed by atoms with van der Waals surface area (Å²) >= 11 is 6.05. The molecule has 2 aromatic rings. The second-order valence-electron chi connectivity index (χ2n) is 6.46. The van der Waals surface area contributed by atoms with Crippen molar-refractivity contribution in [3.8, 4) is 11.5 Å². The van der Waals surface area contributed by atoms with E-state index in [4.69, 9.17) is 21.1 Å². The molecule has 0 fully saturated rings. The Morgan fingerprint density at radius 1 is 1.04 bits per heavy atom. The van der Waals surface area contributed by atoms with Crippen molar-refractivity contribution < 1.29 is 19.1 Å². The third-order valence-corrected chi connectivity index (χ3v) is 3.31. The Kier molecular flexibility index (Phi) is 6.46. The molecule has 0 aliphatic heterocycles. The van der Waals surface area contributed by atoms with E-state index in [1.807, 2.05) is 12.1 Å². The van der Waals surface area contributed by atoms with Crippen molar-refractivity contribution in [2.45, 2.75) is 26.4 Å². The number of carbonyl (C=O) groups is 2. The van der Waals surface area contributed by atoms with E-state index in [-0.39, 0.29) is 12.5 Å². The molecule has 2 N–H and O–H groups in total. The smallest absolute Gasteiger partial charge is 0.408 e. The van der Waals surface area contributed by atoms with Crippen molar-refractivity contribution in [2.75, 3.05) is 11.9 Å². The van der Waals surface area contributed by atoms with Gasteiger partial charge in [-0.2, -0.15) is 0 Å². The normalized spacial score (nSPS) is 10.8. The molecule has 0 saturated carbocycles. The van der Waals surface area contributed by atoms with Crippen LogP contribution in [0.25, 0.3) is 0 Å². The molecule has 6 nitrogen and oxygen atoms in total. The first-order valence-electron chi connectivity index (χ1n) is 8.02. The van der Waals surface area contributed by atoms with Crippen molar-refractivity contribution >= 4 is 29.3 Å². The van der Waals surface area contributed by atoms with E-state index in [1.165, 1.54) is 0 Å². The number of hydrogen-bond donors (Lipinski definition) is 2. The van der Waals surface area contributed by atoms with Crippen molar-refractivity contribution in [3.05, 3.63) is 53.6 Å². The number of anilines is 1. The third kappa shape index (κ3) is 6.64. The number of alkyl carbamates (subject to hydrolysis) is 1. The number of carbonyl (C=O) groups excluding carboxylic acids is 2. The van der Waals surface area contributed by atoms with Gasteiger partial charge in [0.25, 0.3) is 0 Å². The van der Waals surface area contributed by atoms with E-state index in [0.717, 1.165) is 0 Å². The highest BCUT2D eigenvalue weighted by Gasteiger charge is 2.16. The molecule has 26 heavy (non-hydrogen) atoms. The summed E-state index contributed by atoms with van der Waals surface area (Å²) in [5, 5.41) is 5.58. The Bertz CT molecular complexity index is 770. The number of hydrogen-bond acceptors (Lipinski definition) is 4. The standard InChI is InChI=1S/C19H21ClN2O4/c1-19(2,3)26-18(24)21-12-17(23)22-13-8-10-14(11-9-13)25-16-7-5-4-6-15(16)20/h4-11H,12H2,1-3H3,(H,21,24)(H,22,23). The van der Waals surface area contributed by atoms with Gasteiger partial charge in [0.1, 0.15) is 23.6 Å². The van der Waals surface area contributed by atoms with Gasteiger partial charge in [0, 0.05) is 5.69 Å². The maximum absolute atomic E-state index is 11.9. The van der Waals surface area contributed by atoms with Gasteiger partial charge < -0.3 is 20.1 Å². The summed E-state index contributed by atoms with van der Waals surface area (Å²) < 4.78 is 10.7. The van der Waals surface area contributed by atoms with Crippen LogP contribution in [0, 0.1) is 0 Å². The summed E-state index contributed by atoms with van der Waals surface area (Å²) in [4.78, 5) is 23.4. The summed E-state index contributed by atoms with van der Waals surface area (Å²) in [6, 6.07) is 14.0. The van der Waals surface area contributed by atoms with Crippen molar-refractivity contribution in [1.29, 1.82) is 0 Å². The lowest BCUT2D eigenvalue weighted by Crippen LogP contribution is -2.37. The van der Waals surface area contributed by atoms with Gasteiger partial charge in [-0.15, -0.1) is 0 Å². The summed E-state index contributed by atoms with van der Waals surface area (Å²) in [7, 11) is 0. The van der Waals surface area contributed by atoms with Gasteiger partial charge in [0.15, 0.2) is 0 Å². The van der Waals surface area contributed by atoms with E-state index < -0.39 is 11.7 Å². The van der Waals surface area contributed by atoms with Crippen LogP contribution in [-0.4, -0.2) is 24.1 Å². The molecule has 0 heterocycles. The molecule has 0 aliphatic rings. The predicted octanol–water partition coefficient (Wildman–Crippen LogP) is 4.60. The van der Waals surface area contributed by atoms with Crippen LogP contribution in [-0.2, 0) is 9.53 Å². The lowest BCUT2D eigenvalue weighted by Gasteiger charge is -2.19. The molecule has 0 spiro atoms. The molecule has 0 atom stereocenters. The van der Waals surface area contributed by atoms with Crippen LogP contribution in [0.2, 0.25) is 5.02 Å². The molecule has 0 radical (unpaired) electrons. The van der Waals surface area contributed by atoms with Crippen LogP contribution < -0.4 is 15.4 Å². The number of nitrogens with one attached hydrogen (secondary N) is 2. The minimum absolute atomic E-state index is 0.188. The summed E-state index contributed by atoms with van der Waals surface area (Å²) in [6.45, 7) is 5.06. The highest BCUT2D eigenvalue weighted by Crippen LogP contribution is 2.29. The molecule has 7 heteroatoms. The first-order chi connectivity index (χ1) is 12.2. The Labute approximate surface area is 157 Å². The molecule has 2 rings (SSSR count). The molecule has 0 unspecified atom stereocenters. The van der Waals surface area contributed by atoms with Gasteiger partial charge in [0.05, 0.1) is 5.02 Å². The van der Waals surface area contributed by atoms with Gasteiger partial charge in [-0.05, 0) is 57.2 Å². The zero-order valence-corrected chi connectivity index (χ0v) is 15.6. The van der Waals surface area contributed by atoms with Gasteiger partial charge in [-0.1, -0.05) is 23.7 Å². The average molecular weight is 377 g/mol. The molecule has 2 aromatic carbocycles. The molecule has 0 aliphatic carbocycles. The Balaban J connectivity index is 1.84. The fourth-order valence-corrected chi connectivity index (χ4v) is 2.11. The first kappa shape index (κ1) is 19.6. The van der Waals surface area contributed by atoms with Crippen LogP contribution in [0.15, 0.2) is 48.5 Å². The molecular formula is C19H21ClN2O4. The van der Waals surface area contributed by atoms with E-state index >= 15 is 0 Å². The monoisotopic (exact) mass is 376 g/mol. The fraction of sp³-hybridized carbons (Fsp3) is 0.263. The van der Waals surface area contributed by atoms with Gasteiger partial charge >= 0.3 is 6.09 Å². The Morgan fingerprint density at radius 3 is 2.31 bits per heavy atom. The topological polar surface area (TPSA) is 76.7 Å². The molecule has 0 saturated heterocycles. The number of benzene rings is 2. The quantitative estimate of drug-likeness (QED) is 0.799. The molecule has 2 amide bonds. The fourth-order valence-electron chi connectivity index (χ4n) is 1.93. The lowest BCUT2D eigenvalue weighted by atomic mass is 10.2. The maximum atomic E-state index is 11.9. The van der Waals surface area contributed by atoms with Crippen LogP contribution in [0.1, 0.15) is 20.8 Å². The predicted molar refractivity (Wildman–Crippen MR) is 101 cm³/mol. The second-order valence-corrected chi connectivity index (χ2v) is 6.87. The Morgan fingerprint density at radius 2 is 1.69 bits per heavy atom. The largest absolute Gasteiger partial charge is 0.456 e. The van der Waals surface area contributed by atoms with Crippen LogP contribution in [0.4, 0.5) is 10.5 Å². The minimum atomic E-state index is -0.642. The van der Waals surface area contributed by atoms with Crippen molar-refractivity contribution in [2.24, 2.45) is 0 Å². The van der Waals surface area contributed by atoms with Gasteiger partial charge in [-0.25, -0.2) is 4.79 Å². The maximum Gasteiger partial charge on any atom is 0.408 e. The number of halogens is 1. The summed E-state index contributed by atoms with van der Waals surface area (Å²) in [5.74, 6) is 0.770. The molecule has 138 valence electrons. The number of para-hydroxylation sites is 1. The van der Waals surface area contributed by atoms with Gasteiger partial charge in [-0.3, -0.25) is 4.79 Å². The zero-order valence-electron chi connectivity index (χ0n) is 14.8. The Hall–Kier alpha value is -2.73. The summed E-state index contributed by atoms with van der Waals surface area (Å²) in [6.07, 6.45) is -0.642. The highest BCUT2D eigenvalue weighted by atomic mass is 35.5. The zero-order chi connectivity index (χ0) is 19.2. The SMILES string of the molecule is CC(C)(C)OC(=O)NCC(=O)Nc1ccc(Oc2ccccc2Cl)cc1. The van der Waals surface area contributed by atoms with Gasteiger partial charge in [0.2, 0.25) is 5.91 Å². The van der Waals surface area contributed by atoms with E-state index in [9.17, 15) is 9.59 Å². The van der Waals surface area contributed by atoms with E-state index in [2.05, 4.69) is 10.6 Å². The van der Waals surface area contributed by atoms with Crippen molar-refractivity contribution in [1.82, 2.24) is 5.32 Å². The van der Waals surface area contributed by atoms with Crippen LogP contribution in [0.3, 0.4) is 0 Å². The lowest BCUT2D eigenvalue weighted by molar-refractivity contribution is -0.115. The second kappa shape index (κ2) is 8.58.